The molecule has 1 unspecified atom stereocenters. The second-order valence-electron chi connectivity index (χ2n) is 6.37. The molecule has 1 atom stereocenters. The van der Waals surface area contributed by atoms with Gasteiger partial charge in [0.05, 0.1) is 18.0 Å². The lowest BCUT2D eigenvalue weighted by Gasteiger charge is -2.15. The van der Waals surface area contributed by atoms with Crippen LogP contribution in [-0.4, -0.2) is 27.4 Å². The van der Waals surface area contributed by atoms with Gasteiger partial charge in [-0.2, -0.15) is 5.10 Å². The minimum absolute atomic E-state index is 0.0722. The van der Waals surface area contributed by atoms with E-state index < -0.39 is 0 Å². The van der Waals surface area contributed by atoms with Gasteiger partial charge in [0.2, 0.25) is 5.91 Å². The molecule has 4 nitrogen and oxygen atoms in total. The van der Waals surface area contributed by atoms with Gasteiger partial charge in [0, 0.05) is 5.56 Å². The molecule has 1 aliphatic rings. The predicted octanol–water partition coefficient (Wildman–Crippen LogP) is 4.69. The first-order chi connectivity index (χ1) is 13.2. The lowest BCUT2D eigenvalue weighted by atomic mass is 10.1. The van der Waals surface area contributed by atoms with Gasteiger partial charge < -0.3 is 0 Å². The molecule has 1 fully saturated rings. The topological polar surface area (TPSA) is 45.0 Å². The molecule has 5 heteroatoms. The van der Waals surface area contributed by atoms with E-state index in [1.807, 2.05) is 61.5 Å². The Bertz CT molecular complexity index is 1020. The summed E-state index contributed by atoms with van der Waals surface area (Å²) in [4.78, 5) is 14.2. The highest BCUT2D eigenvalue weighted by Gasteiger charge is 2.35. The summed E-state index contributed by atoms with van der Waals surface area (Å²) in [6, 6.07) is 24.2. The number of benzene rings is 3. The Hall–Kier alpha value is -2.92. The molecule has 0 spiro atoms. The second-order valence-corrected chi connectivity index (χ2v) is 7.67. The molecule has 0 radical (unpaired) electrons. The Balaban J connectivity index is 1.59. The third-order valence-corrected chi connectivity index (χ3v) is 5.54. The van der Waals surface area contributed by atoms with Gasteiger partial charge in [0.1, 0.15) is 0 Å². The first kappa shape index (κ1) is 17.5. The van der Waals surface area contributed by atoms with Crippen LogP contribution in [0.5, 0.6) is 0 Å². The van der Waals surface area contributed by atoms with Crippen LogP contribution in [0.1, 0.15) is 18.1 Å². The summed E-state index contributed by atoms with van der Waals surface area (Å²) < 4.78 is 0. The van der Waals surface area contributed by atoms with Gasteiger partial charge in [-0.3, -0.25) is 9.69 Å². The molecule has 0 bridgehead atoms. The molecule has 3 aromatic rings. The van der Waals surface area contributed by atoms with Crippen molar-refractivity contribution >= 4 is 39.8 Å². The molecule has 0 aliphatic carbocycles. The molecular formula is C22H19N3OS. The van der Waals surface area contributed by atoms with Gasteiger partial charge in [-0.05, 0) is 23.3 Å². The summed E-state index contributed by atoms with van der Waals surface area (Å²) in [5.74, 6) is 0.0722. The van der Waals surface area contributed by atoms with Gasteiger partial charge in [0.15, 0.2) is 5.17 Å². The molecule has 3 aromatic carbocycles. The maximum atomic E-state index is 12.5. The summed E-state index contributed by atoms with van der Waals surface area (Å²) in [6.45, 7) is 2.42. The molecule has 27 heavy (non-hydrogen) atoms. The van der Waals surface area contributed by atoms with Crippen molar-refractivity contribution in [3.63, 3.8) is 0 Å². The van der Waals surface area contributed by atoms with Crippen molar-refractivity contribution in [2.45, 2.75) is 18.7 Å². The van der Waals surface area contributed by atoms with Crippen LogP contribution in [0.4, 0.5) is 0 Å². The highest BCUT2D eigenvalue weighted by atomic mass is 32.2. The van der Waals surface area contributed by atoms with E-state index in [0.717, 1.165) is 16.5 Å². The molecule has 0 saturated carbocycles. The zero-order chi connectivity index (χ0) is 18.6. The van der Waals surface area contributed by atoms with Gasteiger partial charge in [-0.15, -0.1) is 5.10 Å². The minimum atomic E-state index is -0.139. The lowest BCUT2D eigenvalue weighted by Crippen LogP contribution is -2.30. The van der Waals surface area contributed by atoms with Crippen molar-refractivity contribution < 1.29 is 4.79 Å². The number of carbonyl (C=O) groups is 1. The van der Waals surface area contributed by atoms with E-state index in [1.54, 1.807) is 11.1 Å². The number of rotatable bonds is 4. The quantitative estimate of drug-likeness (QED) is 0.492. The van der Waals surface area contributed by atoms with Crippen molar-refractivity contribution in [2.24, 2.45) is 10.2 Å². The van der Waals surface area contributed by atoms with Gasteiger partial charge in [0.25, 0.3) is 0 Å². The highest BCUT2D eigenvalue weighted by Crippen LogP contribution is 2.28. The van der Waals surface area contributed by atoms with Gasteiger partial charge in [-0.25, -0.2) is 0 Å². The number of hydrogen-bond acceptors (Lipinski definition) is 4. The standard InChI is InChI=1S/C22H19N3OS/c1-16-21(26)25(15-17-8-3-2-4-9-17)22(27-16)24-23-14-19-12-7-11-18-10-5-6-13-20(18)19/h2-14,16H,15H2,1H3. The molecule has 134 valence electrons. The third-order valence-electron chi connectivity index (χ3n) is 4.47. The summed E-state index contributed by atoms with van der Waals surface area (Å²) in [5, 5.41) is 11.4. The normalized spacial score (nSPS) is 18.9. The molecule has 1 saturated heterocycles. The summed E-state index contributed by atoms with van der Waals surface area (Å²) in [5.41, 5.74) is 2.08. The molecular weight excluding hydrogens is 354 g/mol. The molecule has 4 rings (SSSR count). The van der Waals surface area contributed by atoms with E-state index in [2.05, 4.69) is 28.4 Å². The van der Waals surface area contributed by atoms with Crippen LogP contribution in [0.25, 0.3) is 10.8 Å². The van der Waals surface area contributed by atoms with Crippen molar-refractivity contribution in [3.05, 3.63) is 83.9 Å². The molecule has 1 heterocycles. The van der Waals surface area contributed by atoms with Gasteiger partial charge >= 0.3 is 0 Å². The van der Waals surface area contributed by atoms with Crippen molar-refractivity contribution in [1.29, 1.82) is 0 Å². The number of carbonyl (C=O) groups excluding carboxylic acids is 1. The average Bonchev–Trinajstić information content (AvgIpc) is 2.97. The fourth-order valence-electron chi connectivity index (χ4n) is 3.08. The smallest absolute Gasteiger partial charge is 0.242 e. The zero-order valence-corrected chi connectivity index (χ0v) is 15.8. The maximum absolute atomic E-state index is 12.5. The largest absolute Gasteiger partial charge is 0.284 e. The minimum Gasteiger partial charge on any atom is -0.284 e. The van der Waals surface area contributed by atoms with Crippen LogP contribution in [0, 0.1) is 0 Å². The van der Waals surface area contributed by atoms with Crippen LogP contribution >= 0.6 is 11.8 Å². The van der Waals surface area contributed by atoms with E-state index >= 15 is 0 Å². The van der Waals surface area contributed by atoms with Crippen molar-refractivity contribution in [1.82, 2.24) is 4.90 Å². The van der Waals surface area contributed by atoms with Crippen LogP contribution in [0.3, 0.4) is 0 Å². The number of nitrogens with zero attached hydrogens (tertiary/aromatic N) is 3. The third kappa shape index (κ3) is 3.78. The second kappa shape index (κ2) is 7.76. The van der Waals surface area contributed by atoms with Crippen LogP contribution in [0.15, 0.2) is 83.0 Å². The first-order valence-corrected chi connectivity index (χ1v) is 9.71. The van der Waals surface area contributed by atoms with E-state index in [1.165, 1.54) is 17.1 Å². The number of thioether (sulfide) groups is 1. The van der Waals surface area contributed by atoms with E-state index in [-0.39, 0.29) is 11.2 Å². The van der Waals surface area contributed by atoms with Crippen molar-refractivity contribution in [3.8, 4) is 0 Å². The number of fused-ring (bicyclic) bond motifs is 1. The number of amides is 1. The van der Waals surface area contributed by atoms with Crippen LogP contribution in [0.2, 0.25) is 0 Å². The summed E-state index contributed by atoms with van der Waals surface area (Å²) >= 11 is 1.45. The Morgan fingerprint density at radius 2 is 1.74 bits per heavy atom. The Morgan fingerprint density at radius 1 is 1.00 bits per heavy atom. The molecule has 1 aliphatic heterocycles. The monoisotopic (exact) mass is 373 g/mol. The summed E-state index contributed by atoms with van der Waals surface area (Å²) in [7, 11) is 0. The molecule has 0 aromatic heterocycles. The zero-order valence-electron chi connectivity index (χ0n) is 14.9. The van der Waals surface area contributed by atoms with Gasteiger partial charge in [-0.1, -0.05) is 84.6 Å². The SMILES string of the molecule is CC1SC(=NN=Cc2cccc3ccccc23)N(Cc2ccccc2)C1=O. The number of amidine groups is 1. The van der Waals surface area contributed by atoms with Crippen LogP contribution in [-0.2, 0) is 11.3 Å². The fraction of sp³-hybridized carbons (Fsp3) is 0.136. The predicted molar refractivity (Wildman–Crippen MR) is 113 cm³/mol. The maximum Gasteiger partial charge on any atom is 0.242 e. The Kier molecular flexibility index (Phi) is 5.03. The average molecular weight is 373 g/mol. The highest BCUT2D eigenvalue weighted by molar-refractivity contribution is 8.15. The van der Waals surface area contributed by atoms with E-state index in [9.17, 15) is 4.79 Å². The Morgan fingerprint density at radius 3 is 2.59 bits per heavy atom. The van der Waals surface area contributed by atoms with E-state index in [0.29, 0.717) is 11.7 Å². The molecule has 0 N–H and O–H groups in total. The lowest BCUT2D eigenvalue weighted by molar-refractivity contribution is -0.126. The number of hydrogen-bond donors (Lipinski definition) is 0. The molecule has 1 amide bonds. The summed E-state index contributed by atoms with van der Waals surface area (Å²) in [6.07, 6.45) is 1.75. The first-order valence-electron chi connectivity index (χ1n) is 8.83. The fourth-order valence-corrected chi connectivity index (χ4v) is 4.00. The van der Waals surface area contributed by atoms with Crippen LogP contribution < -0.4 is 0 Å². The Labute approximate surface area is 162 Å². The van der Waals surface area contributed by atoms with E-state index in [4.69, 9.17) is 0 Å². The van der Waals surface area contributed by atoms with Crippen molar-refractivity contribution in [2.75, 3.05) is 0 Å².